The number of nitrogens with one attached hydrogen (secondary N) is 1. The number of aliphatic hydroxyl groups is 1. The third-order valence-corrected chi connectivity index (χ3v) is 4.71. The molecule has 6 nitrogen and oxygen atoms in total. The Bertz CT molecular complexity index is 548. The predicted molar refractivity (Wildman–Crippen MR) is 95.4 cm³/mol. The van der Waals surface area contributed by atoms with Crippen molar-refractivity contribution in [2.24, 2.45) is 0 Å². The van der Waals surface area contributed by atoms with Gasteiger partial charge in [-0.05, 0) is 44.1 Å². The monoisotopic (exact) mass is 348 g/mol. The van der Waals surface area contributed by atoms with Crippen LogP contribution in [0.4, 0.5) is 4.79 Å². The first kappa shape index (κ1) is 19.2. The first-order chi connectivity index (χ1) is 12.1. The van der Waals surface area contributed by atoms with Crippen LogP contribution in [0, 0.1) is 0 Å². The van der Waals surface area contributed by atoms with Gasteiger partial charge in [-0.25, -0.2) is 4.79 Å². The summed E-state index contributed by atoms with van der Waals surface area (Å²) < 4.78 is 0. The summed E-state index contributed by atoms with van der Waals surface area (Å²) in [6.07, 6.45) is 4.57. The lowest BCUT2D eigenvalue weighted by atomic mass is 9.99. The van der Waals surface area contributed by atoms with Gasteiger partial charge in [-0.1, -0.05) is 30.3 Å². The molecule has 1 aliphatic heterocycles. The van der Waals surface area contributed by atoms with E-state index in [4.69, 9.17) is 5.11 Å². The molecule has 1 fully saturated rings. The van der Waals surface area contributed by atoms with E-state index in [-0.39, 0.29) is 31.1 Å². The van der Waals surface area contributed by atoms with Gasteiger partial charge in [-0.15, -0.1) is 0 Å². The highest BCUT2D eigenvalue weighted by atomic mass is 16.4. The standard InChI is InChI=1S/C19H28N2O4/c22-13-11-17-8-4-5-12-21(17)19(25)20-16(9-10-18(23)24)14-15-6-2-1-3-7-15/h1-3,6-7,16-17,22H,4-5,8-14H2,(H,20,25)(H,23,24). The second-order valence-corrected chi connectivity index (χ2v) is 6.62. The van der Waals surface area contributed by atoms with Gasteiger partial charge in [-0.2, -0.15) is 0 Å². The van der Waals surface area contributed by atoms with E-state index in [1.807, 2.05) is 30.3 Å². The van der Waals surface area contributed by atoms with Crippen LogP contribution in [0.15, 0.2) is 30.3 Å². The minimum Gasteiger partial charge on any atom is -0.481 e. The summed E-state index contributed by atoms with van der Waals surface area (Å²) >= 11 is 0. The van der Waals surface area contributed by atoms with E-state index in [1.165, 1.54) is 0 Å². The number of likely N-dealkylation sites (tertiary alicyclic amines) is 1. The van der Waals surface area contributed by atoms with Gasteiger partial charge < -0.3 is 20.4 Å². The highest BCUT2D eigenvalue weighted by Gasteiger charge is 2.27. The number of amides is 2. The molecular formula is C19H28N2O4. The van der Waals surface area contributed by atoms with Gasteiger partial charge in [0.25, 0.3) is 0 Å². The second kappa shape index (κ2) is 10.0. The highest BCUT2D eigenvalue weighted by molar-refractivity contribution is 5.75. The highest BCUT2D eigenvalue weighted by Crippen LogP contribution is 2.20. The number of carbonyl (C=O) groups excluding carboxylic acids is 1. The Morgan fingerprint density at radius 3 is 2.68 bits per heavy atom. The molecule has 3 N–H and O–H groups in total. The van der Waals surface area contributed by atoms with Crippen molar-refractivity contribution in [2.45, 2.75) is 57.0 Å². The van der Waals surface area contributed by atoms with Crippen molar-refractivity contribution in [3.8, 4) is 0 Å². The smallest absolute Gasteiger partial charge is 0.317 e. The van der Waals surface area contributed by atoms with Crippen molar-refractivity contribution >= 4 is 12.0 Å². The van der Waals surface area contributed by atoms with Gasteiger partial charge in [-0.3, -0.25) is 4.79 Å². The fourth-order valence-corrected chi connectivity index (χ4v) is 3.40. The van der Waals surface area contributed by atoms with Crippen LogP contribution in [0.1, 0.15) is 44.1 Å². The maximum absolute atomic E-state index is 12.7. The predicted octanol–water partition coefficient (Wildman–Crippen LogP) is 2.41. The summed E-state index contributed by atoms with van der Waals surface area (Å²) in [6.45, 7) is 0.758. The molecule has 1 aromatic carbocycles. The molecule has 1 aliphatic rings. The Balaban J connectivity index is 2.00. The minimum absolute atomic E-state index is 0.0256. The second-order valence-electron chi connectivity index (χ2n) is 6.62. The molecule has 0 aliphatic carbocycles. The van der Waals surface area contributed by atoms with E-state index in [9.17, 15) is 14.7 Å². The summed E-state index contributed by atoms with van der Waals surface area (Å²) in [5.74, 6) is -0.858. The molecule has 0 aromatic heterocycles. The summed E-state index contributed by atoms with van der Waals surface area (Å²) in [5.41, 5.74) is 1.07. The summed E-state index contributed by atoms with van der Waals surface area (Å²) in [4.78, 5) is 25.4. The van der Waals surface area contributed by atoms with Crippen LogP contribution in [0.2, 0.25) is 0 Å². The van der Waals surface area contributed by atoms with Crippen LogP contribution in [0.5, 0.6) is 0 Å². The maximum atomic E-state index is 12.7. The van der Waals surface area contributed by atoms with Crippen molar-refractivity contribution in [2.75, 3.05) is 13.2 Å². The molecule has 1 saturated heterocycles. The molecule has 1 aromatic rings. The van der Waals surface area contributed by atoms with Gasteiger partial charge >= 0.3 is 12.0 Å². The van der Waals surface area contributed by atoms with E-state index < -0.39 is 5.97 Å². The number of hydrogen-bond donors (Lipinski definition) is 3. The summed E-state index contributed by atoms with van der Waals surface area (Å²) in [5, 5.41) is 21.2. The van der Waals surface area contributed by atoms with Crippen molar-refractivity contribution in [1.29, 1.82) is 0 Å². The molecule has 25 heavy (non-hydrogen) atoms. The Morgan fingerprint density at radius 2 is 2.00 bits per heavy atom. The van der Waals surface area contributed by atoms with Crippen molar-refractivity contribution in [3.05, 3.63) is 35.9 Å². The third kappa shape index (κ3) is 6.38. The number of nitrogens with zero attached hydrogens (tertiary/aromatic N) is 1. The van der Waals surface area contributed by atoms with Crippen molar-refractivity contribution < 1.29 is 19.8 Å². The molecule has 2 rings (SSSR count). The summed E-state index contributed by atoms with van der Waals surface area (Å²) in [7, 11) is 0. The largest absolute Gasteiger partial charge is 0.481 e. The molecule has 2 atom stereocenters. The van der Waals surface area contributed by atoms with Gasteiger partial charge in [0, 0.05) is 31.7 Å². The number of carboxylic acid groups (broad SMARTS) is 1. The topological polar surface area (TPSA) is 89.9 Å². The average molecular weight is 348 g/mol. The van der Waals surface area contributed by atoms with Crippen LogP contribution in [-0.4, -0.2) is 52.3 Å². The average Bonchev–Trinajstić information content (AvgIpc) is 2.61. The molecule has 0 radical (unpaired) electrons. The van der Waals surface area contributed by atoms with Crippen LogP contribution >= 0.6 is 0 Å². The molecule has 138 valence electrons. The van der Waals surface area contributed by atoms with Gasteiger partial charge in [0.15, 0.2) is 0 Å². The molecule has 0 bridgehead atoms. The lowest BCUT2D eigenvalue weighted by Gasteiger charge is -2.36. The zero-order valence-corrected chi connectivity index (χ0v) is 14.6. The van der Waals surface area contributed by atoms with E-state index >= 15 is 0 Å². The molecule has 6 heteroatoms. The third-order valence-electron chi connectivity index (χ3n) is 4.71. The Labute approximate surface area is 148 Å². The lowest BCUT2D eigenvalue weighted by Crippen LogP contribution is -2.52. The fourth-order valence-electron chi connectivity index (χ4n) is 3.40. The lowest BCUT2D eigenvalue weighted by molar-refractivity contribution is -0.137. The number of carboxylic acids is 1. The number of benzene rings is 1. The zero-order valence-electron chi connectivity index (χ0n) is 14.6. The van der Waals surface area contributed by atoms with E-state index in [0.29, 0.717) is 25.8 Å². The van der Waals surface area contributed by atoms with Gasteiger partial charge in [0.1, 0.15) is 0 Å². The quantitative estimate of drug-likeness (QED) is 0.673. The van der Waals surface area contributed by atoms with Crippen LogP contribution in [0.3, 0.4) is 0 Å². The number of aliphatic hydroxyl groups excluding tert-OH is 1. The number of carbonyl (C=O) groups is 2. The fraction of sp³-hybridized carbons (Fsp3) is 0.579. The first-order valence-corrected chi connectivity index (χ1v) is 9.04. The minimum atomic E-state index is -0.858. The van der Waals surface area contributed by atoms with E-state index in [2.05, 4.69) is 5.32 Å². The maximum Gasteiger partial charge on any atom is 0.317 e. The number of piperidine rings is 1. The summed E-state index contributed by atoms with van der Waals surface area (Å²) in [6, 6.07) is 9.47. The Hall–Kier alpha value is -2.08. The Kier molecular flexibility index (Phi) is 7.73. The van der Waals surface area contributed by atoms with Crippen LogP contribution in [0.25, 0.3) is 0 Å². The number of urea groups is 1. The molecule has 1 heterocycles. The molecule has 0 spiro atoms. The molecule has 2 amide bonds. The SMILES string of the molecule is O=C(O)CCC(Cc1ccccc1)NC(=O)N1CCCCC1CCO. The van der Waals surface area contributed by atoms with Gasteiger partial charge in [0.05, 0.1) is 0 Å². The first-order valence-electron chi connectivity index (χ1n) is 9.04. The van der Waals surface area contributed by atoms with Crippen molar-refractivity contribution in [3.63, 3.8) is 0 Å². The molecule has 0 saturated carbocycles. The van der Waals surface area contributed by atoms with E-state index in [0.717, 1.165) is 24.8 Å². The molecule has 2 unspecified atom stereocenters. The molecular weight excluding hydrogens is 320 g/mol. The number of aliphatic carboxylic acids is 1. The van der Waals surface area contributed by atoms with Crippen LogP contribution in [-0.2, 0) is 11.2 Å². The zero-order chi connectivity index (χ0) is 18.1. The normalized spacial score (nSPS) is 18.6. The van der Waals surface area contributed by atoms with Crippen LogP contribution < -0.4 is 5.32 Å². The number of rotatable bonds is 8. The number of hydrogen-bond acceptors (Lipinski definition) is 3. The van der Waals surface area contributed by atoms with E-state index in [1.54, 1.807) is 4.90 Å². The van der Waals surface area contributed by atoms with Gasteiger partial charge in [0.2, 0.25) is 0 Å². The Morgan fingerprint density at radius 1 is 1.24 bits per heavy atom. The van der Waals surface area contributed by atoms with Crippen molar-refractivity contribution in [1.82, 2.24) is 10.2 Å².